The first kappa shape index (κ1) is 20.1. The maximum Gasteiger partial charge on any atom is 0.407 e. The van der Waals surface area contributed by atoms with Gasteiger partial charge in [-0.3, -0.25) is 0 Å². The molecule has 5 heteroatoms. The molecule has 1 N–H and O–H groups in total. The van der Waals surface area contributed by atoms with Gasteiger partial charge in [0.05, 0.1) is 6.61 Å². The highest BCUT2D eigenvalue weighted by Crippen LogP contribution is 2.37. The van der Waals surface area contributed by atoms with Crippen molar-refractivity contribution in [3.8, 4) is 5.75 Å². The number of carbonyl (C=O) groups excluding carboxylic acids is 1. The fraction of sp³-hybridized carbons (Fsp3) is 0.435. The van der Waals surface area contributed by atoms with Gasteiger partial charge in [-0.1, -0.05) is 24.3 Å². The molecule has 1 heterocycles. The molecule has 1 aliphatic rings. The summed E-state index contributed by atoms with van der Waals surface area (Å²) in [5.41, 5.74) is 4.11. The van der Waals surface area contributed by atoms with E-state index >= 15 is 0 Å². The summed E-state index contributed by atoms with van der Waals surface area (Å²) in [6, 6.07) is 14.6. The summed E-state index contributed by atoms with van der Waals surface area (Å²) in [4.78, 5) is 14.1. The number of alkyl carbamates (subject to hydrolysis) is 1. The van der Waals surface area contributed by atoms with E-state index in [1.54, 1.807) is 0 Å². The topological polar surface area (TPSA) is 50.8 Å². The molecule has 1 aliphatic heterocycles. The Kier molecular flexibility index (Phi) is 5.82. The van der Waals surface area contributed by atoms with Crippen molar-refractivity contribution in [3.63, 3.8) is 0 Å². The van der Waals surface area contributed by atoms with E-state index in [0.29, 0.717) is 13.2 Å². The SMILES string of the molecule is Cc1ccccc1N(C)c1ccc2c(c1)OCC[C@H]2CNC(=O)OC(C)(C)C. The zero-order valence-corrected chi connectivity index (χ0v) is 17.4. The van der Waals surface area contributed by atoms with E-state index in [0.717, 1.165) is 23.4 Å². The van der Waals surface area contributed by atoms with Gasteiger partial charge in [0, 0.05) is 37.0 Å². The molecule has 150 valence electrons. The number of para-hydroxylation sites is 1. The van der Waals surface area contributed by atoms with E-state index in [-0.39, 0.29) is 12.0 Å². The van der Waals surface area contributed by atoms with E-state index in [1.165, 1.54) is 11.3 Å². The zero-order chi connectivity index (χ0) is 20.3. The molecule has 0 aromatic heterocycles. The monoisotopic (exact) mass is 382 g/mol. The normalized spacial score (nSPS) is 16.0. The summed E-state index contributed by atoms with van der Waals surface area (Å²) in [5, 5.41) is 2.89. The summed E-state index contributed by atoms with van der Waals surface area (Å²) in [5.74, 6) is 1.11. The Labute approximate surface area is 167 Å². The number of carbonyl (C=O) groups is 1. The number of anilines is 2. The van der Waals surface area contributed by atoms with E-state index in [2.05, 4.69) is 54.5 Å². The second kappa shape index (κ2) is 8.13. The molecule has 0 radical (unpaired) electrons. The third kappa shape index (κ3) is 4.77. The number of nitrogens with zero attached hydrogens (tertiary/aromatic N) is 1. The highest BCUT2D eigenvalue weighted by Gasteiger charge is 2.24. The van der Waals surface area contributed by atoms with Crippen molar-refractivity contribution in [2.45, 2.75) is 45.6 Å². The maximum atomic E-state index is 12.0. The Bertz CT molecular complexity index is 842. The predicted molar refractivity (Wildman–Crippen MR) is 113 cm³/mol. The highest BCUT2D eigenvalue weighted by atomic mass is 16.6. The summed E-state index contributed by atoms with van der Waals surface area (Å²) < 4.78 is 11.3. The Balaban J connectivity index is 1.73. The van der Waals surface area contributed by atoms with Crippen LogP contribution in [0.15, 0.2) is 42.5 Å². The number of rotatable bonds is 4. The molecule has 2 aromatic rings. The molecule has 28 heavy (non-hydrogen) atoms. The van der Waals surface area contributed by atoms with Crippen LogP contribution < -0.4 is 15.0 Å². The molecule has 0 fully saturated rings. The molecule has 3 rings (SSSR count). The second-order valence-corrected chi connectivity index (χ2v) is 8.28. The fourth-order valence-electron chi connectivity index (χ4n) is 3.47. The molecule has 1 amide bonds. The van der Waals surface area contributed by atoms with Gasteiger partial charge in [-0.25, -0.2) is 4.79 Å². The van der Waals surface area contributed by atoms with Crippen LogP contribution in [0, 0.1) is 6.92 Å². The van der Waals surface area contributed by atoms with E-state index < -0.39 is 5.60 Å². The minimum atomic E-state index is -0.493. The molecule has 0 unspecified atom stereocenters. The predicted octanol–water partition coefficient (Wildman–Crippen LogP) is 5.15. The number of hydrogen-bond acceptors (Lipinski definition) is 4. The van der Waals surface area contributed by atoms with Crippen molar-refractivity contribution in [2.24, 2.45) is 0 Å². The average molecular weight is 383 g/mol. The smallest absolute Gasteiger partial charge is 0.407 e. The van der Waals surface area contributed by atoms with Crippen LogP contribution in [-0.4, -0.2) is 31.9 Å². The Morgan fingerprint density at radius 3 is 2.71 bits per heavy atom. The minimum Gasteiger partial charge on any atom is -0.493 e. The number of benzene rings is 2. The molecule has 2 aromatic carbocycles. The first-order valence-corrected chi connectivity index (χ1v) is 9.77. The van der Waals surface area contributed by atoms with E-state index in [9.17, 15) is 4.79 Å². The minimum absolute atomic E-state index is 0.217. The van der Waals surface area contributed by atoms with Gasteiger partial charge in [-0.15, -0.1) is 0 Å². The molecule has 5 nitrogen and oxygen atoms in total. The van der Waals surface area contributed by atoms with Gasteiger partial charge in [-0.2, -0.15) is 0 Å². The van der Waals surface area contributed by atoms with Gasteiger partial charge in [0.15, 0.2) is 0 Å². The molecule has 1 atom stereocenters. The third-order valence-corrected chi connectivity index (χ3v) is 4.92. The molecular formula is C23H30N2O3. The third-order valence-electron chi connectivity index (χ3n) is 4.92. The summed E-state index contributed by atoms with van der Waals surface area (Å²) in [6.45, 7) is 8.89. The van der Waals surface area contributed by atoms with Crippen molar-refractivity contribution in [1.29, 1.82) is 0 Å². The summed E-state index contributed by atoms with van der Waals surface area (Å²) >= 11 is 0. The second-order valence-electron chi connectivity index (χ2n) is 8.28. The molecule has 0 spiro atoms. The van der Waals surface area contributed by atoms with Gasteiger partial charge in [-0.05, 0) is 57.4 Å². The standard InChI is InChI=1S/C23H30N2O3/c1-16-8-6-7-9-20(16)25(5)18-10-11-19-17(12-13-27-21(19)14-18)15-24-22(26)28-23(2,3)4/h6-11,14,17H,12-13,15H2,1-5H3,(H,24,26)/t17-/m0/s1. The van der Waals surface area contributed by atoms with Crippen LogP contribution >= 0.6 is 0 Å². The Morgan fingerprint density at radius 2 is 2.00 bits per heavy atom. The van der Waals surface area contributed by atoms with Crippen LogP contribution in [0.3, 0.4) is 0 Å². The van der Waals surface area contributed by atoms with Crippen LogP contribution in [0.1, 0.15) is 44.2 Å². The zero-order valence-electron chi connectivity index (χ0n) is 17.4. The van der Waals surface area contributed by atoms with Gasteiger partial charge in [0.1, 0.15) is 11.4 Å². The van der Waals surface area contributed by atoms with Crippen molar-refractivity contribution in [3.05, 3.63) is 53.6 Å². The molecule has 0 saturated heterocycles. The quantitative estimate of drug-likeness (QED) is 0.794. The van der Waals surface area contributed by atoms with E-state index in [4.69, 9.17) is 9.47 Å². The number of fused-ring (bicyclic) bond motifs is 1. The van der Waals surface area contributed by atoms with E-state index in [1.807, 2.05) is 32.9 Å². The Morgan fingerprint density at radius 1 is 1.25 bits per heavy atom. The largest absolute Gasteiger partial charge is 0.493 e. The van der Waals surface area contributed by atoms with Gasteiger partial charge in [0.2, 0.25) is 0 Å². The summed E-state index contributed by atoms with van der Waals surface area (Å²) in [7, 11) is 2.06. The number of ether oxygens (including phenoxy) is 2. The first-order valence-electron chi connectivity index (χ1n) is 9.77. The fourth-order valence-corrected chi connectivity index (χ4v) is 3.47. The van der Waals surface area contributed by atoms with Crippen LogP contribution in [0.25, 0.3) is 0 Å². The molecule has 0 aliphatic carbocycles. The molecule has 0 bridgehead atoms. The van der Waals surface area contributed by atoms with Crippen molar-refractivity contribution >= 4 is 17.5 Å². The number of aryl methyl sites for hydroxylation is 1. The lowest BCUT2D eigenvalue weighted by Gasteiger charge is -2.29. The average Bonchev–Trinajstić information content (AvgIpc) is 2.64. The van der Waals surface area contributed by atoms with Gasteiger partial charge < -0.3 is 19.7 Å². The Hall–Kier alpha value is -2.69. The van der Waals surface area contributed by atoms with Crippen LogP contribution in [0.5, 0.6) is 5.75 Å². The van der Waals surface area contributed by atoms with Crippen molar-refractivity contribution in [2.75, 3.05) is 25.1 Å². The highest BCUT2D eigenvalue weighted by molar-refractivity contribution is 5.69. The lowest BCUT2D eigenvalue weighted by molar-refractivity contribution is 0.0521. The van der Waals surface area contributed by atoms with Crippen molar-refractivity contribution in [1.82, 2.24) is 5.32 Å². The number of nitrogens with one attached hydrogen (secondary N) is 1. The van der Waals surface area contributed by atoms with Gasteiger partial charge >= 0.3 is 6.09 Å². The van der Waals surface area contributed by atoms with Gasteiger partial charge in [0.25, 0.3) is 0 Å². The molecular weight excluding hydrogens is 352 g/mol. The number of amides is 1. The lowest BCUT2D eigenvalue weighted by atomic mass is 9.92. The van der Waals surface area contributed by atoms with Crippen LogP contribution in [-0.2, 0) is 4.74 Å². The maximum absolute atomic E-state index is 12.0. The van der Waals surface area contributed by atoms with Crippen LogP contribution in [0.4, 0.5) is 16.2 Å². The number of hydrogen-bond donors (Lipinski definition) is 1. The van der Waals surface area contributed by atoms with Crippen LogP contribution in [0.2, 0.25) is 0 Å². The molecule has 0 saturated carbocycles. The summed E-state index contributed by atoms with van der Waals surface area (Å²) in [6.07, 6.45) is 0.493. The lowest BCUT2D eigenvalue weighted by Crippen LogP contribution is -2.35. The van der Waals surface area contributed by atoms with Crippen molar-refractivity contribution < 1.29 is 14.3 Å². The first-order chi connectivity index (χ1) is 13.2.